The van der Waals surface area contributed by atoms with Crippen LogP contribution >= 0.6 is 0 Å². The molecule has 2 aliphatic rings. The molecule has 2 amide bonds. The van der Waals surface area contributed by atoms with E-state index in [2.05, 4.69) is 32.3 Å². The second-order valence-corrected chi connectivity index (χ2v) is 8.34. The summed E-state index contributed by atoms with van der Waals surface area (Å²) in [5.41, 5.74) is 0.982. The summed E-state index contributed by atoms with van der Waals surface area (Å²) in [6.45, 7) is 12.7. The highest BCUT2D eigenvalue weighted by molar-refractivity contribution is 5.73. The number of hydrogen-bond acceptors (Lipinski definition) is 5. The summed E-state index contributed by atoms with van der Waals surface area (Å²) in [5, 5.41) is 6.16. The second kappa shape index (κ2) is 10.3. The molecule has 1 atom stereocenters. The van der Waals surface area contributed by atoms with Crippen LogP contribution in [0.15, 0.2) is 4.42 Å². The highest BCUT2D eigenvalue weighted by atomic mass is 16.4. The summed E-state index contributed by atoms with van der Waals surface area (Å²) >= 11 is 0. The monoisotopic (exact) mass is 391 g/mol. The Morgan fingerprint density at radius 1 is 1.11 bits per heavy atom. The molecule has 158 valence electrons. The molecular formula is C21H37N5O2. The van der Waals surface area contributed by atoms with Crippen LogP contribution < -0.4 is 10.6 Å². The van der Waals surface area contributed by atoms with Crippen molar-refractivity contribution in [3.8, 4) is 0 Å². The molecule has 2 aliphatic heterocycles. The number of aromatic nitrogens is 1. The lowest BCUT2D eigenvalue weighted by molar-refractivity contribution is 0.151. The minimum atomic E-state index is -0.0187. The van der Waals surface area contributed by atoms with Crippen LogP contribution in [0.1, 0.15) is 56.4 Å². The maximum absolute atomic E-state index is 12.2. The van der Waals surface area contributed by atoms with E-state index < -0.39 is 0 Å². The number of carbonyl (C=O) groups is 1. The summed E-state index contributed by atoms with van der Waals surface area (Å²) in [4.78, 5) is 21.5. The molecule has 0 bridgehead atoms. The van der Waals surface area contributed by atoms with Crippen LogP contribution in [0.25, 0.3) is 0 Å². The van der Waals surface area contributed by atoms with Gasteiger partial charge in [-0.1, -0.05) is 13.3 Å². The first-order chi connectivity index (χ1) is 13.5. The van der Waals surface area contributed by atoms with E-state index >= 15 is 0 Å². The number of amides is 2. The Kier molecular flexibility index (Phi) is 7.73. The van der Waals surface area contributed by atoms with Gasteiger partial charge in [-0.3, -0.25) is 9.80 Å². The van der Waals surface area contributed by atoms with Crippen molar-refractivity contribution < 1.29 is 9.21 Å². The van der Waals surface area contributed by atoms with Crippen molar-refractivity contribution in [2.75, 3.05) is 39.3 Å². The number of aryl methyl sites for hydroxylation is 2. The molecule has 28 heavy (non-hydrogen) atoms. The summed E-state index contributed by atoms with van der Waals surface area (Å²) in [6.07, 6.45) is 5.95. The molecule has 2 saturated heterocycles. The molecule has 0 saturated carbocycles. The van der Waals surface area contributed by atoms with Gasteiger partial charge in [0.25, 0.3) is 0 Å². The summed E-state index contributed by atoms with van der Waals surface area (Å²) in [5.74, 6) is 2.28. The van der Waals surface area contributed by atoms with Gasteiger partial charge in [-0.2, -0.15) is 0 Å². The van der Waals surface area contributed by atoms with Gasteiger partial charge in [-0.05, 0) is 71.6 Å². The van der Waals surface area contributed by atoms with E-state index in [-0.39, 0.29) is 6.03 Å². The van der Waals surface area contributed by atoms with Crippen LogP contribution in [-0.4, -0.2) is 66.1 Å². The van der Waals surface area contributed by atoms with E-state index in [0.29, 0.717) is 12.0 Å². The number of oxazole rings is 1. The SMILES string of the molecule is CCN1CCCCC1CNC(=O)NCC1CCN(Cc2nc(C)c(C)o2)CC1. The van der Waals surface area contributed by atoms with Gasteiger partial charge in [-0.15, -0.1) is 0 Å². The molecule has 2 N–H and O–H groups in total. The molecule has 2 fully saturated rings. The largest absolute Gasteiger partial charge is 0.444 e. The summed E-state index contributed by atoms with van der Waals surface area (Å²) in [7, 11) is 0. The van der Waals surface area contributed by atoms with Crippen LogP contribution in [0.3, 0.4) is 0 Å². The molecule has 3 heterocycles. The first kappa shape index (κ1) is 21.1. The quantitative estimate of drug-likeness (QED) is 0.748. The van der Waals surface area contributed by atoms with Crippen molar-refractivity contribution in [2.24, 2.45) is 5.92 Å². The Morgan fingerprint density at radius 2 is 1.86 bits per heavy atom. The van der Waals surface area contributed by atoms with E-state index in [1.165, 1.54) is 19.3 Å². The molecular weight excluding hydrogens is 354 g/mol. The molecule has 1 unspecified atom stereocenters. The van der Waals surface area contributed by atoms with Gasteiger partial charge < -0.3 is 15.1 Å². The summed E-state index contributed by atoms with van der Waals surface area (Å²) in [6, 6.07) is 0.477. The van der Waals surface area contributed by atoms with Crippen molar-refractivity contribution in [1.82, 2.24) is 25.4 Å². The minimum absolute atomic E-state index is 0.0187. The average Bonchev–Trinajstić information content (AvgIpc) is 3.03. The lowest BCUT2D eigenvalue weighted by Gasteiger charge is -2.35. The van der Waals surface area contributed by atoms with Gasteiger partial charge in [0, 0.05) is 19.1 Å². The van der Waals surface area contributed by atoms with E-state index in [1.54, 1.807) is 0 Å². The van der Waals surface area contributed by atoms with Crippen LogP contribution in [-0.2, 0) is 6.54 Å². The first-order valence-corrected chi connectivity index (χ1v) is 11.0. The van der Waals surface area contributed by atoms with Crippen LogP contribution in [0, 0.1) is 19.8 Å². The maximum atomic E-state index is 12.2. The third-order valence-electron chi connectivity index (χ3n) is 6.34. The normalized spacial score (nSPS) is 22.3. The predicted octanol–water partition coefficient (Wildman–Crippen LogP) is 2.68. The number of rotatable bonds is 7. The molecule has 0 radical (unpaired) electrons. The van der Waals surface area contributed by atoms with E-state index in [0.717, 1.165) is 76.0 Å². The first-order valence-electron chi connectivity index (χ1n) is 11.0. The van der Waals surface area contributed by atoms with E-state index in [4.69, 9.17) is 4.42 Å². The minimum Gasteiger partial charge on any atom is -0.444 e. The van der Waals surface area contributed by atoms with Gasteiger partial charge in [0.2, 0.25) is 5.89 Å². The molecule has 7 heteroatoms. The topological polar surface area (TPSA) is 73.6 Å². The van der Waals surface area contributed by atoms with Crippen molar-refractivity contribution in [3.63, 3.8) is 0 Å². The van der Waals surface area contributed by atoms with E-state index in [9.17, 15) is 4.79 Å². The van der Waals surface area contributed by atoms with Crippen LogP contribution in [0.4, 0.5) is 4.79 Å². The van der Waals surface area contributed by atoms with Gasteiger partial charge in [0.05, 0.1) is 12.2 Å². The second-order valence-electron chi connectivity index (χ2n) is 8.34. The number of piperidine rings is 2. The Morgan fingerprint density at radius 3 is 2.54 bits per heavy atom. The number of carbonyl (C=O) groups excluding carboxylic acids is 1. The lowest BCUT2D eigenvalue weighted by atomic mass is 9.97. The standard InChI is InChI=1S/C21H37N5O2/c1-4-26-10-6-5-7-19(26)14-23-21(27)22-13-18-8-11-25(12-9-18)15-20-24-16(2)17(3)28-20/h18-19H,4-15H2,1-3H3,(H2,22,23,27). The van der Waals surface area contributed by atoms with E-state index in [1.807, 2.05) is 13.8 Å². The fourth-order valence-corrected chi connectivity index (χ4v) is 4.36. The van der Waals surface area contributed by atoms with Crippen molar-refractivity contribution >= 4 is 6.03 Å². The summed E-state index contributed by atoms with van der Waals surface area (Å²) < 4.78 is 5.69. The van der Waals surface area contributed by atoms with Crippen molar-refractivity contribution in [3.05, 3.63) is 17.3 Å². The maximum Gasteiger partial charge on any atom is 0.314 e. The number of likely N-dealkylation sites (tertiary alicyclic amines) is 2. The number of hydrogen-bond donors (Lipinski definition) is 2. The van der Waals surface area contributed by atoms with Crippen molar-refractivity contribution in [1.29, 1.82) is 0 Å². The number of nitrogens with zero attached hydrogens (tertiary/aromatic N) is 3. The van der Waals surface area contributed by atoms with Gasteiger partial charge in [-0.25, -0.2) is 9.78 Å². The Balaban J connectivity index is 1.31. The third kappa shape index (κ3) is 5.95. The number of urea groups is 1. The Bertz CT molecular complexity index is 605. The van der Waals surface area contributed by atoms with Crippen molar-refractivity contribution in [2.45, 2.75) is 65.5 Å². The molecule has 0 aliphatic carbocycles. The molecule has 0 spiro atoms. The number of likely N-dealkylation sites (N-methyl/N-ethyl adjacent to an activating group) is 1. The Hall–Kier alpha value is -1.60. The van der Waals surface area contributed by atoms with Gasteiger partial charge in [0.1, 0.15) is 5.76 Å². The zero-order chi connectivity index (χ0) is 19.9. The molecule has 0 aromatic carbocycles. The zero-order valence-corrected chi connectivity index (χ0v) is 17.8. The van der Waals surface area contributed by atoms with Gasteiger partial charge >= 0.3 is 6.03 Å². The molecule has 7 nitrogen and oxygen atoms in total. The molecule has 3 rings (SSSR count). The average molecular weight is 392 g/mol. The number of nitrogens with one attached hydrogen (secondary N) is 2. The smallest absolute Gasteiger partial charge is 0.314 e. The highest BCUT2D eigenvalue weighted by Gasteiger charge is 2.23. The molecule has 1 aromatic heterocycles. The fourth-order valence-electron chi connectivity index (χ4n) is 4.36. The van der Waals surface area contributed by atoms with Gasteiger partial charge in [0.15, 0.2) is 0 Å². The zero-order valence-electron chi connectivity index (χ0n) is 17.8. The molecule has 1 aromatic rings. The lowest BCUT2D eigenvalue weighted by Crippen LogP contribution is -2.49. The fraction of sp³-hybridized carbons (Fsp3) is 0.810. The van der Waals surface area contributed by atoms with Crippen LogP contribution in [0.5, 0.6) is 0 Å². The van der Waals surface area contributed by atoms with Crippen LogP contribution in [0.2, 0.25) is 0 Å². The Labute approximate surface area is 169 Å². The highest BCUT2D eigenvalue weighted by Crippen LogP contribution is 2.19. The predicted molar refractivity (Wildman–Crippen MR) is 110 cm³/mol. The third-order valence-corrected chi connectivity index (χ3v) is 6.34.